The van der Waals surface area contributed by atoms with Gasteiger partial charge in [0.1, 0.15) is 24.2 Å². The van der Waals surface area contributed by atoms with Gasteiger partial charge < -0.3 is 29.0 Å². The van der Waals surface area contributed by atoms with Crippen LogP contribution in [0.5, 0.6) is 0 Å². The number of ether oxygens (including phenoxy) is 5. The first kappa shape index (κ1) is 26.2. The molecule has 1 amide bonds. The average molecular weight is 520 g/mol. The predicted molar refractivity (Wildman–Crippen MR) is 127 cm³/mol. The van der Waals surface area contributed by atoms with Crippen LogP contribution in [0.2, 0.25) is 0 Å². The summed E-state index contributed by atoms with van der Waals surface area (Å²) in [6.45, 7) is 5.26. The van der Waals surface area contributed by atoms with Gasteiger partial charge in [-0.25, -0.2) is 13.2 Å². The van der Waals surface area contributed by atoms with Crippen molar-refractivity contribution in [3.05, 3.63) is 65.7 Å². The van der Waals surface area contributed by atoms with Crippen LogP contribution < -0.4 is 5.32 Å². The highest BCUT2D eigenvalue weighted by Crippen LogP contribution is 2.40. The van der Waals surface area contributed by atoms with Gasteiger partial charge in [0.2, 0.25) is 6.10 Å². The molecule has 1 N–H and O–H groups in total. The number of hydrogen-bond acceptors (Lipinski definition) is 9. The molecule has 2 fully saturated rings. The summed E-state index contributed by atoms with van der Waals surface area (Å²) in [6, 6.07) is 14.3. The molecular weight excluding hydrogens is 490 g/mol. The zero-order chi connectivity index (χ0) is 26.1. The van der Waals surface area contributed by atoms with Crippen molar-refractivity contribution < 1.29 is 41.7 Å². The summed E-state index contributed by atoms with van der Waals surface area (Å²) in [4.78, 5) is 26.2. The van der Waals surface area contributed by atoms with E-state index in [4.69, 9.17) is 23.7 Å². The monoisotopic (exact) mass is 519 g/mol. The van der Waals surface area contributed by atoms with Crippen LogP contribution in [0.25, 0.3) is 0 Å². The van der Waals surface area contributed by atoms with Crippen LogP contribution in [0.15, 0.2) is 59.5 Å². The summed E-state index contributed by atoms with van der Waals surface area (Å²) >= 11 is 0. The molecule has 194 valence electrons. The lowest BCUT2D eigenvalue weighted by Gasteiger charge is -2.29. The van der Waals surface area contributed by atoms with Crippen molar-refractivity contribution >= 4 is 21.7 Å². The van der Waals surface area contributed by atoms with Crippen molar-refractivity contribution in [3.63, 3.8) is 0 Å². The molecule has 0 spiro atoms. The lowest BCUT2D eigenvalue weighted by molar-refractivity contribution is -0.226. The summed E-state index contributed by atoms with van der Waals surface area (Å²) in [6.07, 6.45) is -5.04. The molecule has 2 aromatic carbocycles. The molecule has 5 atom stereocenters. The summed E-state index contributed by atoms with van der Waals surface area (Å²) in [5, 5.41) is 2.38. The standard InChI is InChI=1S/C25H29NO9S/c1-15-10-12-17(13-11-15)36(29,30)14-26-22(27)20(32-23(28)16-8-6-5-7-9-16)19-18(31-4)21-24(33-19)35-25(2,3)34-21/h5-13,18-21,24H,14H2,1-4H3,(H,26,27)/t18-,19+,20?,21+,24+/m0/s1. The Morgan fingerprint density at radius 1 is 1.06 bits per heavy atom. The number of aryl methyl sites for hydroxylation is 1. The van der Waals surface area contributed by atoms with Gasteiger partial charge in [0, 0.05) is 7.11 Å². The molecule has 2 aromatic rings. The highest BCUT2D eigenvalue weighted by atomic mass is 32.2. The minimum Gasteiger partial charge on any atom is -0.446 e. The molecule has 1 unspecified atom stereocenters. The van der Waals surface area contributed by atoms with E-state index in [1.165, 1.54) is 31.4 Å². The minimum atomic E-state index is -3.85. The van der Waals surface area contributed by atoms with Crippen molar-refractivity contribution in [1.82, 2.24) is 5.32 Å². The van der Waals surface area contributed by atoms with Gasteiger partial charge in [-0.15, -0.1) is 0 Å². The number of sulfone groups is 1. The molecule has 0 aliphatic carbocycles. The van der Waals surface area contributed by atoms with E-state index in [0.29, 0.717) is 0 Å². The van der Waals surface area contributed by atoms with Gasteiger partial charge in [0.25, 0.3) is 5.91 Å². The predicted octanol–water partition coefficient (Wildman–Crippen LogP) is 1.96. The third kappa shape index (κ3) is 5.60. The van der Waals surface area contributed by atoms with Crippen LogP contribution in [0.4, 0.5) is 0 Å². The molecule has 2 heterocycles. The number of rotatable bonds is 8. The maximum atomic E-state index is 13.3. The molecule has 0 aromatic heterocycles. The van der Waals surface area contributed by atoms with Gasteiger partial charge in [-0.2, -0.15) is 0 Å². The zero-order valence-electron chi connectivity index (χ0n) is 20.4. The Labute approximate surface area is 209 Å². The Balaban J connectivity index is 1.55. The Hall–Kier alpha value is -2.83. The summed E-state index contributed by atoms with van der Waals surface area (Å²) in [5.74, 6) is -3.28. The molecule has 11 heteroatoms. The molecule has 0 bridgehead atoms. The van der Waals surface area contributed by atoms with E-state index >= 15 is 0 Å². The lowest BCUT2D eigenvalue weighted by atomic mass is 10.0. The number of methoxy groups -OCH3 is 1. The third-order valence-corrected chi connectivity index (χ3v) is 7.43. The van der Waals surface area contributed by atoms with Gasteiger partial charge in [0.15, 0.2) is 21.9 Å². The van der Waals surface area contributed by atoms with Crippen LogP contribution in [-0.2, 0) is 38.3 Å². The van der Waals surface area contributed by atoms with Crippen LogP contribution in [0.3, 0.4) is 0 Å². The van der Waals surface area contributed by atoms with Crippen LogP contribution in [0, 0.1) is 6.92 Å². The molecule has 2 saturated heterocycles. The number of benzene rings is 2. The van der Waals surface area contributed by atoms with Gasteiger partial charge >= 0.3 is 5.97 Å². The third-order valence-electron chi connectivity index (χ3n) is 5.92. The quantitative estimate of drug-likeness (QED) is 0.521. The second-order valence-corrected chi connectivity index (χ2v) is 11.1. The highest BCUT2D eigenvalue weighted by Gasteiger charge is 2.59. The SMILES string of the molecule is CO[C@@H]1[C@H]2OC(C)(C)O[C@H]2O[C@H]1C(OC(=O)c1ccccc1)C(=O)NCS(=O)(=O)c1ccc(C)cc1. The first-order valence-corrected chi connectivity index (χ1v) is 13.0. The topological polar surface area (TPSA) is 126 Å². The van der Waals surface area contributed by atoms with E-state index in [1.807, 2.05) is 6.92 Å². The summed E-state index contributed by atoms with van der Waals surface area (Å²) < 4.78 is 54.2. The number of carbonyl (C=O) groups is 2. The van der Waals surface area contributed by atoms with Crippen molar-refractivity contribution in [3.8, 4) is 0 Å². The van der Waals surface area contributed by atoms with Gasteiger partial charge in [-0.1, -0.05) is 35.9 Å². The number of hydrogen-bond donors (Lipinski definition) is 1. The molecule has 2 aliphatic heterocycles. The normalized spacial score (nSPS) is 25.7. The van der Waals surface area contributed by atoms with Crippen LogP contribution >= 0.6 is 0 Å². The van der Waals surface area contributed by atoms with E-state index < -0.39 is 64.1 Å². The second kappa shape index (κ2) is 10.3. The maximum absolute atomic E-state index is 13.3. The highest BCUT2D eigenvalue weighted by molar-refractivity contribution is 7.91. The van der Waals surface area contributed by atoms with Crippen molar-refractivity contribution in [2.45, 2.75) is 62.2 Å². The van der Waals surface area contributed by atoms with Crippen molar-refractivity contribution in [1.29, 1.82) is 0 Å². The van der Waals surface area contributed by atoms with Gasteiger partial charge in [0.05, 0.1) is 10.5 Å². The molecule has 2 aliphatic rings. The van der Waals surface area contributed by atoms with E-state index in [2.05, 4.69) is 5.32 Å². The Kier molecular flexibility index (Phi) is 7.48. The minimum absolute atomic E-state index is 0.0525. The molecule has 0 radical (unpaired) electrons. The zero-order valence-corrected chi connectivity index (χ0v) is 21.2. The number of amides is 1. The van der Waals surface area contributed by atoms with E-state index in [1.54, 1.807) is 44.2 Å². The first-order chi connectivity index (χ1) is 17.0. The number of fused-ring (bicyclic) bond motifs is 1. The number of esters is 1. The molecule has 36 heavy (non-hydrogen) atoms. The lowest BCUT2D eigenvalue weighted by Crippen LogP contribution is -2.51. The number of nitrogens with one attached hydrogen (secondary N) is 1. The van der Waals surface area contributed by atoms with Gasteiger partial charge in [-0.3, -0.25) is 4.79 Å². The van der Waals surface area contributed by atoms with E-state index in [9.17, 15) is 18.0 Å². The first-order valence-electron chi connectivity index (χ1n) is 11.4. The Morgan fingerprint density at radius 2 is 1.72 bits per heavy atom. The average Bonchev–Trinajstić information content (AvgIpc) is 3.32. The number of carbonyl (C=O) groups excluding carboxylic acids is 2. The van der Waals surface area contributed by atoms with Gasteiger partial charge in [-0.05, 0) is 45.0 Å². The Bertz CT molecular complexity index is 1200. The molecule has 4 rings (SSSR count). The van der Waals surface area contributed by atoms with E-state index in [-0.39, 0.29) is 10.5 Å². The van der Waals surface area contributed by atoms with Crippen molar-refractivity contribution in [2.24, 2.45) is 0 Å². The van der Waals surface area contributed by atoms with Crippen LogP contribution in [-0.4, -0.2) is 69.8 Å². The fourth-order valence-corrected chi connectivity index (χ4v) is 5.19. The summed E-state index contributed by atoms with van der Waals surface area (Å²) in [5.41, 5.74) is 1.11. The molecule has 10 nitrogen and oxygen atoms in total. The second-order valence-electron chi connectivity index (χ2n) is 9.07. The molecular formula is C25H29NO9S. The maximum Gasteiger partial charge on any atom is 0.339 e. The summed E-state index contributed by atoms with van der Waals surface area (Å²) in [7, 11) is -2.44. The molecule has 0 saturated carbocycles. The smallest absolute Gasteiger partial charge is 0.339 e. The largest absolute Gasteiger partial charge is 0.446 e. The van der Waals surface area contributed by atoms with E-state index in [0.717, 1.165) is 5.56 Å². The fraction of sp³-hybridized carbons (Fsp3) is 0.440. The Morgan fingerprint density at radius 3 is 2.36 bits per heavy atom. The fourth-order valence-electron chi connectivity index (χ4n) is 4.14. The van der Waals surface area contributed by atoms with Crippen LogP contribution in [0.1, 0.15) is 29.8 Å². The van der Waals surface area contributed by atoms with Crippen molar-refractivity contribution in [2.75, 3.05) is 13.0 Å².